The summed E-state index contributed by atoms with van der Waals surface area (Å²) in [4.78, 5) is 13.8. The minimum Gasteiger partial charge on any atom is -0.495 e. The van der Waals surface area contributed by atoms with Crippen LogP contribution in [0.4, 0.5) is 11.5 Å². The second kappa shape index (κ2) is 7.67. The van der Waals surface area contributed by atoms with Crippen molar-refractivity contribution in [3.63, 3.8) is 0 Å². The van der Waals surface area contributed by atoms with Gasteiger partial charge in [-0.25, -0.2) is 14.6 Å². The summed E-state index contributed by atoms with van der Waals surface area (Å²) in [5, 5.41) is 5.55. The Labute approximate surface area is 175 Å². The van der Waals surface area contributed by atoms with E-state index in [0.717, 1.165) is 60.2 Å². The summed E-state index contributed by atoms with van der Waals surface area (Å²) < 4.78 is 7.45. The zero-order valence-electron chi connectivity index (χ0n) is 17.2. The second-order valence-corrected chi connectivity index (χ2v) is 7.48. The molecule has 0 amide bonds. The van der Waals surface area contributed by atoms with E-state index < -0.39 is 0 Å². The van der Waals surface area contributed by atoms with E-state index in [1.807, 2.05) is 47.3 Å². The van der Waals surface area contributed by atoms with Crippen molar-refractivity contribution in [1.29, 1.82) is 0 Å². The first kappa shape index (κ1) is 18.4. The van der Waals surface area contributed by atoms with Crippen LogP contribution >= 0.6 is 0 Å². The van der Waals surface area contributed by atoms with Crippen LogP contribution in [0.1, 0.15) is 5.56 Å². The molecule has 0 spiro atoms. The second-order valence-electron chi connectivity index (χ2n) is 7.48. The molecule has 5 rings (SSSR count). The number of aryl methyl sites for hydroxylation is 1. The molecular formula is C23H24N6O. The summed E-state index contributed by atoms with van der Waals surface area (Å²) >= 11 is 0. The molecule has 4 aromatic rings. The quantitative estimate of drug-likeness (QED) is 0.523. The van der Waals surface area contributed by atoms with Gasteiger partial charge in [0, 0.05) is 26.2 Å². The van der Waals surface area contributed by atoms with E-state index in [9.17, 15) is 0 Å². The summed E-state index contributed by atoms with van der Waals surface area (Å²) in [5.41, 5.74) is 4.21. The Kier molecular flexibility index (Phi) is 4.71. The summed E-state index contributed by atoms with van der Waals surface area (Å²) in [6.45, 7) is 5.66. The number of anilines is 2. The fourth-order valence-corrected chi connectivity index (χ4v) is 4.05. The molecule has 0 radical (unpaired) electrons. The van der Waals surface area contributed by atoms with Crippen LogP contribution in [0.3, 0.4) is 0 Å². The predicted molar refractivity (Wildman–Crippen MR) is 119 cm³/mol. The molecule has 0 N–H and O–H groups in total. The van der Waals surface area contributed by atoms with Crippen molar-refractivity contribution in [2.75, 3.05) is 43.1 Å². The summed E-state index contributed by atoms with van der Waals surface area (Å²) in [7, 11) is 1.73. The molecule has 2 aromatic carbocycles. The lowest BCUT2D eigenvalue weighted by Crippen LogP contribution is -2.47. The van der Waals surface area contributed by atoms with Gasteiger partial charge >= 0.3 is 0 Å². The highest BCUT2D eigenvalue weighted by Gasteiger charge is 2.23. The maximum absolute atomic E-state index is 5.58. The van der Waals surface area contributed by atoms with Gasteiger partial charge in [0.25, 0.3) is 0 Å². The third-order valence-electron chi connectivity index (χ3n) is 5.60. The van der Waals surface area contributed by atoms with E-state index >= 15 is 0 Å². The monoisotopic (exact) mass is 400 g/mol. The lowest BCUT2D eigenvalue weighted by atomic mass is 10.1. The van der Waals surface area contributed by atoms with Crippen LogP contribution in [-0.2, 0) is 0 Å². The van der Waals surface area contributed by atoms with Gasteiger partial charge in [-0.3, -0.25) is 0 Å². The van der Waals surface area contributed by atoms with Gasteiger partial charge < -0.3 is 14.5 Å². The topological polar surface area (TPSA) is 59.3 Å². The zero-order chi connectivity index (χ0) is 20.5. The Hall–Kier alpha value is -3.61. The average Bonchev–Trinajstić information content (AvgIpc) is 3.24. The Morgan fingerprint density at radius 1 is 0.900 bits per heavy atom. The fourth-order valence-electron chi connectivity index (χ4n) is 4.05. The van der Waals surface area contributed by atoms with E-state index in [0.29, 0.717) is 0 Å². The van der Waals surface area contributed by atoms with Crippen molar-refractivity contribution in [3.8, 4) is 11.4 Å². The molecule has 152 valence electrons. The third kappa shape index (κ3) is 3.22. The SMILES string of the molecule is COc1ccc(C)cc1N1CCN(c2ncnc3c2cnn3-c2ccccc2)CC1. The molecule has 0 saturated carbocycles. The van der Waals surface area contributed by atoms with Crippen LogP contribution in [0.25, 0.3) is 16.7 Å². The summed E-state index contributed by atoms with van der Waals surface area (Å²) in [5.74, 6) is 1.86. The highest BCUT2D eigenvalue weighted by Crippen LogP contribution is 2.31. The number of nitrogens with zero attached hydrogens (tertiary/aromatic N) is 6. The lowest BCUT2D eigenvalue weighted by molar-refractivity contribution is 0.413. The Bertz CT molecular complexity index is 1170. The van der Waals surface area contributed by atoms with E-state index in [2.05, 4.69) is 43.9 Å². The number of aromatic nitrogens is 4. The van der Waals surface area contributed by atoms with E-state index in [4.69, 9.17) is 4.74 Å². The highest BCUT2D eigenvalue weighted by atomic mass is 16.5. The van der Waals surface area contributed by atoms with Crippen LogP contribution in [0.2, 0.25) is 0 Å². The average molecular weight is 400 g/mol. The molecule has 0 unspecified atom stereocenters. The molecule has 1 aliphatic heterocycles. The predicted octanol–water partition coefficient (Wildman–Crippen LogP) is 3.46. The number of hydrogen-bond donors (Lipinski definition) is 0. The highest BCUT2D eigenvalue weighted by molar-refractivity contribution is 5.87. The molecule has 2 aromatic heterocycles. The minimum atomic E-state index is 0.828. The smallest absolute Gasteiger partial charge is 0.168 e. The number of hydrogen-bond acceptors (Lipinski definition) is 6. The standard InChI is InChI=1S/C23H24N6O/c1-17-8-9-21(30-2)20(14-17)27-10-12-28(13-11-27)22-19-15-26-29(23(19)25-16-24-22)18-6-4-3-5-7-18/h3-9,14-16H,10-13H2,1-2H3. The van der Waals surface area contributed by atoms with Gasteiger partial charge in [0.2, 0.25) is 0 Å². The van der Waals surface area contributed by atoms with Gasteiger partial charge in [-0.2, -0.15) is 5.10 Å². The number of methoxy groups -OCH3 is 1. The maximum Gasteiger partial charge on any atom is 0.168 e. The van der Waals surface area contributed by atoms with Crippen LogP contribution in [-0.4, -0.2) is 53.0 Å². The molecule has 0 atom stereocenters. The Morgan fingerprint density at radius 3 is 2.43 bits per heavy atom. The van der Waals surface area contributed by atoms with Crippen molar-refractivity contribution in [1.82, 2.24) is 19.7 Å². The van der Waals surface area contributed by atoms with E-state index in [1.54, 1.807) is 13.4 Å². The molecule has 0 aliphatic carbocycles. The molecule has 1 saturated heterocycles. The number of piperazine rings is 1. The zero-order valence-corrected chi connectivity index (χ0v) is 17.2. The molecule has 1 aliphatic rings. The van der Waals surface area contributed by atoms with Crippen molar-refractivity contribution in [3.05, 3.63) is 66.6 Å². The number of rotatable bonds is 4. The molecular weight excluding hydrogens is 376 g/mol. The van der Waals surface area contributed by atoms with Gasteiger partial charge in [0.15, 0.2) is 5.65 Å². The normalized spacial score (nSPS) is 14.3. The first-order chi connectivity index (χ1) is 14.7. The van der Waals surface area contributed by atoms with Crippen LogP contribution in [0, 0.1) is 6.92 Å². The minimum absolute atomic E-state index is 0.828. The molecule has 3 heterocycles. The molecule has 7 heteroatoms. The molecule has 0 bridgehead atoms. The molecule has 1 fully saturated rings. The first-order valence-corrected chi connectivity index (χ1v) is 10.1. The van der Waals surface area contributed by atoms with Crippen molar-refractivity contribution < 1.29 is 4.74 Å². The first-order valence-electron chi connectivity index (χ1n) is 10.1. The third-order valence-corrected chi connectivity index (χ3v) is 5.60. The van der Waals surface area contributed by atoms with Crippen molar-refractivity contribution in [2.24, 2.45) is 0 Å². The van der Waals surface area contributed by atoms with Crippen LogP contribution in [0.5, 0.6) is 5.75 Å². The van der Waals surface area contributed by atoms with Crippen LogP contribution in [0.15, 0.2) is 61.1 Å². The number of benzene rings is 2. The van der Waals surface area contributed by atoms with Gasteiger partial charge in [0.05, 0.1) is 30.1 Å². The van der Waals surface area contributed by atoms with Crippen molar-refractivity contribution in [2.45, 2.75) is 6.92 Å². The van der Waals surface area contributed by atoms with Gasteiger partial charge in [-0.15, -0.1) is 0 Å². The largest absolute Gasteiger partial charge is 0.495 e. The lowest BCUT2D eigenvalue weighted by Gasteiger charge is -2.37. The van der Waals surface area contributed by atoms with Gasteiger partial charge in [-0.1, -0.05) is 24.3 Å². The Morgan fingerprint density at radius 2 is 1.67 bits per heavy atom. The summed E-state index contributed by atoms with van der Waals surface area (Å²) in [6, 6.07) is 16.4. The maximum atomic E-state index is 5.58. The molecule has 7 nitrogen and oxygen atoms in total. The van der Waals surface area contributed by atoms with E-state index in [1.165, 1.54) is 5.56 Å². The van der Waals surface area contributed by atoms with Gasteiger partial charge in [0.1, 0.15) is 17.9 Å². The number of para-hydroxylation sites is 1. The number of ether oxygens (including phenoxy) is 1. The van der Waals surface area contributed by atoms with Crippen LogP contribution < -0.4 is 14.5 Å². The fraction of sp³-hybridized carbons (Fsp3) is 0.261. The molecule has 30 heavy (non-hydrogen) atoms. The Balaban J connectivity index is 1.41. The van der Waals surface area contributed by atoms with Gasteiger partial charge in [-0.05, 0) is 36.8 Å². The summed E-state index contributed by atoms with van der Waals surface area (Å²) in [6.07, 6.45) is 3.50. The number of fused-ring (bicyclic) bond motifs is 1. The van der Waals surface area contributed by atoms with E-state index in [-0.39, 0.29) is 0 Å². The van der Waals surface area contributed by atoms with Crippen molar-refractivity contribution >= 4 is 22.5 Å².